The normalized spacial score (nSPS) is 10.1. The van der Waals surface area contributed by atoms with Gasteiger partial charge in [0.1, 0.15) is 11.5 Å². The zero-order valence-corrected chi connectivity index (χ0v) is 14.8. The molecule has 1 amide bonds. The van der Waals surface area contributed by atoms with E-state index in [2.05, 4.69) is 30.3 Å². The summed E-state index contributed by atoms with van der Waals surface area (Å²) in [5.41, 5.74) is 5.63. The summed E-state index contributed by atoms with van der Waals surface area (Å²) in [4.78, 5) is 13.5. The van der Waals surface area contributed by atoms with E-state index >= 15 is 0 Å². The molecule has 0 aliphatic carbocycles. The van der Waals surface area contributed by atoms with Gasteiger partial charge in [-0.2, -0.15) is 0 Å². The molecule has 0 spiro atoms. The van der Waals surface area contributed by atoms with Crippen molar-refractivity contribution >= 4 is 23.2 Å². The second-order valence-corrected chi connectivity index (χ2v) is 5.66. The maximum Gasteiger partial charge on any atom is 0.269 e. The van der Waals surface area contributed by atoms with Gasteiger partial charge >= 0.3 is 0 Å². The van der Waals surface area contributed by atoms with E-state index in [1.54, 1.807) is 18.2 Å². The zero-order chi connectivity index (χ0) is 17.2. The SMILES string of the molecule is COc1cc(OC)cc(C(=O)NNC(=S)NCCC[NH+](C)C)c1. The molecule has 0 radical (unpaired) electrons. The first kappa shape index (κ1) is 19.0. The molecule has 0 aromatic heterocycles. The van der Waals surface area contributed by atoms with Crippen molar-refractivity contribution in [2.75, 3.05) is 41.4 Å². The lowest BCUT2D eigenvalue weighted by atomic mass is 10.2. The van der Waals surface area contributed by atoms with Crippen LogP contribution < -0.4 is 30.5 Å². The molecule has 0 aliphatic rings. The fraction of sp³-hybridized carbons (Fsp3) is 0.467. The minimum atomic E-state index is -0.330. The molecule has 8 heteroatoms. The molecule has 0 fully saturated rings. The summed E-state index contributed by atoms with van der Waals surface area (Å²) < 4.78 is 10.3. The molecule has 0 saturated carbocycles. The number of hydrazine groups is 1. The quantitative estimate of drug-likeness (QED) is 0.300. The van der Waals surface area contributed by atoms with Crippen LogP contribution in [0.15, 0.2) is 18.2 Å². The standard InChI is InChI=1S/C15H24N4O3S/c1-19(2)7-5-6-16-15(23)18-17-14(20)11-8-12(21-3)10-13(9-11)22-4/h8-10H,5-7H2,1-4H3,(H,17,20)(H2,16,18,23)/p+1. The number of quaternary nitrogens is 1. The second kappa shape index (κ2) is 9.86. The molecule has 0 heterocycles. The van der Waals surface area contributed by atoms with Crippen molar-refractivity contribution in [3.8, 4) is 11.5 Å². The third kappa shape index (κ3) is 7.16. The summed E-state index contributed by atoms with van der Waals surface area (Å²) in [6.07, 6.45) is 0.991. The van der Waals surface area contributed by atoms with Gasteiger partial charge in [-0.3, -0.25) is 15.6 Å². The lowest BCUT2D eigenvalue weighted by Gasteiger charge is -2.13. The van der Waals surface area contributed by atoms with E-state index in [9.17, 15) is 4.79 Å². The second-order valence-electron chi connectivity index (χ2n) is 5.25. The maximum atomic E-state index is 12.1. The Bertz CT molecular complexity index is 515. The number of hydrogen-bond donors (Lipinski definition) is 4. The van der Waals surface area contributed by atoms with E-state index in [0.29, 0.717) is 22.2 Å². The molecule has 1 aromatic carbocycles. The van der Waals surface area contributed by atoms with Crippen molar-refractivity contribution in [1.82, 2.24) is 16.2 Å². The van der Waals surface area contributed by atoms with Gasteiger partial charge in [-0.25, -0.2) is 0 Å². The van der Waals surface area contributed by atoms with Crippen molar-refractivity contribution in [3.63, 3.8) is 0 Å². The predicted octanol–water partition coefficient (Wildman–Crippen LogP) is -0.653. The summed E-state index contributed by atoms with van der Waals surface area (Å²) in [5, 5.41) is 3.41. The molecule has 128 valence electrons. The van der Waals surface area contributed by atoms with Crippen LogP contribution in [0.3, 0.4) is 0 Å². The number of hydrogen-bond acceptors (Lipinski definition) is 4. The average molecular weight is 341 g/mol. The lowest BCUT2D eigenvalue weighted by molar-refractivity contribution is -0.858. The Hall–Kier alpha value is -2.06. The first-order chi connectivity index (χ1) is 11.0. The van der Waals surface area contributed by atoms with Crippen molar-refractivity contribution in [2.24, 2.45) is 0 Å². The van der Waals surface area contributed by atoms with Gasteiger partial charge in [0.2, 0.25) is 0 Å². The van der Waals surface area contributed by atoms with Crippen molar-refractivity contribution in [2.45, 2.75) is 6.42 Å². The molecular formula is C15H25N4O3S+. The van der Waals surface area contributed by atoms with Gasteiger partial charge in [-0.05, 0) is 24.4 Å². The molecule has 0 unspecified atom stereocenters. The number of thiocarbonyl (C=S) groups is 1. The van der Waals surface area contributed by atoms with E-state index in [0.717, 1.165) is 19.5 Å². The third-order valence-corrected chi connectivity index (χ3v) is 3.29. The van der Waals surface area contributed by atoms with Crippen LogP contribution in [0.4, 0.5) is 0 Å². The highest BCUT2D eigenvalue weighted by Gasteiger charge is 2.10. The summed E-state index contributed by atoms with van der Waals surface area (Å²) >= 11 is 5.11. The van der Waals surface area contributed by atoms with Gasteiger partial charge in [-0.15, -0.1) is 0 Å². The Morgan fingerprint density at radius 1 is 1.13 bits per heavy atom. The van der Waals surface area contributed by atoms with Crippen LogP contribution in [0.1, 0.15) is 16.8 Å². The summed E-state index contributed by atoms with van der Waals surface area (Å²) in [6.45, 7) is 1.80. The van der Waals surface area contributed by atoms with Gasteiger partial charge in [0.25, 0.3) is 5.91 Å². The number of rotatable bonds is 7. The minimum Gasteiger partial charge on any atom is -0.497 e. The molecule has 1 rings (SSSR count). The van der Waals surface area contributed by atoms with E-state index in [1.807, 2.05) is 0 Å². The molecule has 0 atom stereocenters. The summed E-state index contributed by atoms with van der Waals surface area (Å²) in [7, 11) is 7.25. The Morgan fingerprint density at radius 3 is 2.26 bits per heavy atom. The number of amides is 1. The number of carbonyl (C=O) groups excluding carboxylic acids is 1. The smallest absolute Gasteiger partial charge is 0.269 e. The topological polar surface area (TPSA) is 76.1 Å². The molecule has 23 heavy (non-hydrogen) atoms. The van der Waals surface area contributed by atoms with E-state index < -0.39 is 0 Å². The Balaban J connectivity index is 2.45. The van der Waals surface area contributed by atoms with Crippen molar-refractivity contribution in [3.05, 3.63) is 23.8 Å². The van der Waals surface area contributed by atoms with Gasteiger partial charge in [-0.1, -0.05) is 0 Å². The first-order valence-corrected chi connectivity index (χ1v) is 7.73. The molecule has 1 aromatic rings. The van der Waals surface area contributed by atoms with Gasteiger partial charge in [0, 0.05) is 24.6 Å². The molecule has 4 N–H and O–H groups in total. The molecule has 0 aliphatic heterocycles. The van der Waals surface area contributed by atoms with E-state index in [4.69, 9.17) is 21.7 Å². The minimum absolute atomic E-state index is 0.330. The third-order valence-electron chi connectivity index (χ3n) is 3.04. The number of methoxy groups -OCH3 is 2. The van der Waals surface area contributed by atoms with Crippen LogP contribution in [0.25, 0.3) is 0 Å². The highest BCUT2D eigenvalue weighted by molar-refractivity contribution is 7.80. The highest BCUT2D eigenvalue weighted by atomic mass is 32.1. The first-order valence-electron chi connectivity index (χ1n) is 7.32. The van der Waals surface area contributed by atoms with Crippen molar-refractivity contribution < 1.29 is 19.2 Å². The number of ether oxygens (including phenoxy) is 2. The number of carbonyl (C=O) groups is 1. The molecule has 0 saturated heterocycles. The van der Waals surface area contributed by atoms with E-state index in [-0.39, 0.29) is 5.91 Å². The predicted molar refractivity (Wildman–Crippen MR) is 93.0 cm³/mol. The Kier molecular flexibility index (Phi) is 8.14. The lowest BCUT2D eigenvalue weighted by Crippen LogP contribution is -3.05. The number of benzene rings is 1. The van der Waals surface area contributed by atoms with Crippen LogP contribution in [-0.4, -0.2) is 52.4 Å². The molecule has 0 bridgehead atoms. The van der Waals surface area contributed by atoms with Crippen LogP contribution >= 0.6 is 12.2 Å². The largest absolute Gasteiger partial charge is 0.497 e. The van der Waals surface area contributed by atoms with E-state index in [1.165, 1.54) is 19.1 Å². The fourth-order valence-corrected chi connectivity index (χ4v) is 1.97. The van der Waals surface area contributed by atoms with Gasteiger partial charge in [0.15, 0.2) is 5.11 Å². The monoisotopic (exact) mass is 341 g/mol. The number of nitrogens with one attached hydrogen (secondary N) is 4. The highest BCUT2D eigenvalue weighted by Crippen LogP contribution is 2.22. The van der Waals surface area contributed by atoms with Crippen LogP contribution in [0.2, 0.25) is 0 Å². The fourth-order valence-electron chi connectivity index (χ4n) is 1.81. The summed E-state index contributed by atoms with van der Waals surface area (Å²) in [6, 6.07) is 4.94. The molecule has 7 nitrogen and oxygen atoms in total. The average Bonchev–Trinajstić information content (AvgIpc) is 2.55. The summed E-state index contributed by atoms with van der Waals surface area (Å²) in [5.74, 6) is 0.756. The van der Waals surface area contributed by atoms with Crippen LogP contribution in [0.5, 0.6) is 11.5 Å². The van der Waals surface area contributed by atoms with Crippen LogP contribution in [-0.2, 0) is 0 Å². The molecular weight excluding hydrogens is 316 g/mol. The maximum absolute atomic E-state index is 12.1. The Labute approximate surface area is 142 Å². The van der Waals surface area contributed by atoms with Crippen molar-refractivity contribution in [1.29, 1.82) is 0 Å². The van der Waals surface area contributed by atoms with Gasteiger partial charge < -0.3 is 19.7 Å². The van der Waals surface area contributed by atoms with Crippen LogP contribution in [0, 0.1) is 0 Å². The van der Waals surface area contributed by atoms with Gasteiger partial charge in [0.05, 0.1) is 34.9 Å². The zero-order valence-electron chi connectivity index (χ0n) is 14.0. The Morgan fingerprint density at radius 2 is 1.74 bits per heavy atom.